The van der Waals surface area contributed by atoms with Gasteiger partial charge in [-0.05, 0) is 20.8 Å². The zero-order valence-electron chi connectivity index (χ0n) is 14.5. The maximum Gasteiger partial charge on any atom is 0.291 e. The highest BCUT2D eigenvalue weighted by Gasteiger charge is 2.18. The van der Waals surface area contributed by atoms with Gasteiger partial charge in [-0.1, -0.05) is 6.92 Å². The fourth-order valence-electron chi connectivity index (χ4n) is 3.05. The number of carbonyl (C=O) groups is 1. The second kappa shape index (κ2) is 6.14. The number of amides is 1. The highest BCUT2D eigenvalue weighted by atomic mass is 16.3. The van der Waals surface area contributed by atoms with E-state index in [9.17, 15) is 9.59 Å². The van der Waals surface area contributed by atoms with Crippen molar-refractivity contribution >= 4 is 22.5 Å². The van der Waals surface area contributed by atoms with Crippen molar-refractivity contribution < 1.29 is 9.21 Å². The molecule has 0 aliphatic rings. The molecule has 0 radical (unpaired) electrons. The fraction of sp³-hybridized carbons (Fsp3) is 0.471. The number of hydrogen-bond donors (Lipinski definition) is 0. The van der Waals surface area contributed by atoms with Gasteiger partial charge >= 0.3 is 0 Å². The molecular weight excluding hydrogens is 308 g/mol. The van der Waals surface area contributed by atoms with Gasteiger partial charge in [0, 0.05) is 31.6 Å². The fourth-order valence-corrected chi connectivity index (χ4v) is 3.05. The lowest BCUT2D eigenvalue weighted by Crippen LogP contribution is -2.38. The van der Waals surface area contributed by atoms with Crippen molar-refractivity contribution in [1.82, 2.24) is 19.1 Å². The van der Waals surface area contributed by atoms with Crippen LogP contribution in [0.25, 0.3) is 16.6 Å². The van der Waals surface area contributed by atoms with E-state index in [-0.39, 0.29) is 18.0 Å². The molecule has 3 rings (SSSR count). The lowest BCUT2D eigenvalue weighted by molar-refractivity contribution is -0.131. The minimum Gasteiger partial charge on any atom is -0.460 e. The third kappa shape index (κ3) is 2.50. The molecule has 24 heavy (non-hydrogen) atoms. The summed E-state index contributed by atoms with van der Waals surface area (Å²) in [5.41, 5.74) is 1.71. The first-order valence-electron chi connectivity index (χ1n) is 8.29. The van der Waals surface area contributed by atoms with E-state index in [0.717, 1.165) is 17.1 Å². The molecular formula is C17H22N4O3. The van der Waals surface area contributed by atoms with Gasteiger partial charge in [-0.2, -0.15) is 5.10 Å². The maximum absolute atomic E-state index is 12.8. The number of nitrogens with zero attached hydrogens (tertiary/aromatic N) is 4. The second-order valence-electron chi connectivity index (χ2n) is 5.77. The number of aromatic nitrogens is 3. The van der Waals surface area contributed by atoms with Crippen molar-refractivity contribution in [3.8, 4) is 0 Å². The number of furan rings is 1. The van der Waals surface area contributed by atoms with Crippen molar-refractivity contribution in [1.29, 1.82) is 0 Å². The van der Waals surface area contributed by atoms with Gasteiger partial charge in [0.05, 0.1) is 5.52 Å². The summed E-state index contributed by atoms with van der Waals surface area (Å²) in [6.45, 7) is 8.87. The van der Waals surface area contributed by atoms with Crippen LogP contribution in [0.5, 0.6) is 0 Å². The van der Waals surface area contributed by atoms with Gasteiger partial charge in [0.1, 0.15) is 23.6 Å². The van der Waals surface area contributed by atoms with E-state index in [1.165, 1.54) is 4.68 Å². The Morgan fingerprint density at radius 2 is 1.92 bits per heavy atom. The quantitative estimate of drug-likeness (QED) is 0.717. The molecule has 3 aromatic rings. The Morgan fingerprint density at radius 1 is 1.21 bits per heavy atom. The summed E-state index contributed by atoms with van der Waals surface area (Å²) in [6.07, 6.45) is 0.643. The number of fused-ring (bicyclic) bond motifs is 3. The summed E-state index contributed by atoms with van der Waals surface area (Å²) in [7, 11) is 0. The van der Waals surface area contributed by atoms with Crippen LogP contribution in [0.15, 0.2) is 21.3 Å². The van der Waals surface area contributed by atoms with E-state index in [2.05, 4.69) is 5.10 Å². The first kappa shape index (κ1) is 16.3. The monoisotopic (exact) mass is 330 g/mol. The summed E-state index contributed by atoms with van der Waals surface area (Å²) in [4.78, 5) is 26.8. The molecule has 0 bridgehead atoms. The van der Waals surface area contributed by atoms with Crippen molar-refractivity contribution in [2.24, 2.45) is 0 Å². The van der Waals surface area contributed by atoms with Crippen LogP contribution in [0.3, 0.4) is 0 Å². The van der Waals surface area contributed by atoms with Crippen LogP contribution in [0, 0.1) is 6.92 Å². The molecule has 0 saturated heterocycles. The average Bonchev–Trinajstić information content (AvgIpc) is 3.07. The molecule has 3 heterocycles. The van der Waals surface area contributed by atoms with E-state index in [1.54, 1.807) is 11.0 Å². The molecule has 0 unspecified atom stereocenters. The number of aryl methyl sites for hydroxylation is 2. The predicted molar refractivity (Wildman–Crippen MR) is 91.3 cm³/mol. The lowest BCUT2D eigenvalue weighted by Gasteiger charge is -2.19. The minimum atomic E-state index is -0.281. The molecule has 0 aromatic carbocycles. The van der Waals surface area contributed by atoms with E-state index < -0.39 is 0 Å². The van der Waals surface area contributed by atoms with Crippen molar-refractivity contribution in [3.63, 3.8) is 0 Å². The Hall–Kier alpha value is -2.57. The number of hydrogen-bond acceptors (Lipinski definition) is 4. The van der Waals surface area contributed by atoms with Crippen LogP contribution < -0.4 is 5.56 Å². The van der Waals surface area contributed by atoms with Gasteiger partial charge in [-0.3, -0.25) is 14.0 Å². The molecule has 7 nitrogen and oxygen atoms in total. The third-order valence-corrected chi connectivity index (χ3v) is 4.28. The van der Waals surface area contributed by atoms with E-state index in [1.807, 2.05) is 38.2 Å². The Bertz CT molecular complexity index is 960. The second-order valence-corrected chi connectivity index (χ2v) is 5.77. The maximum atomic E-state index is 12.8. The van der Waals surface area contributed by atoms with Crippen LogP contribution in [-0.4, -0.2) is 38.1 Å². The molecule has 0 N–H and O–H groups in total. The molecule has 0 spiro atoms. The SMILES string of the molecule is CCc1nn(CC(=O)N(CC)CC)c(=O)c2cc3oc(C)cc3n12. The summed E-state index contributed by atoms with van der Waals surface area (Å²) < 4.78 is 8.72. The van der Waals surface area contributed by atoms with Crippen LogP contribution in [0.4, 0.5) is 0 Å². The van der Waals surface area contributed by atoms with Gasteiger partial charge < -0.3 is 9.32 Å². The van der Waals surface area contributed by atoms with Crippen molar-refractivity contribution in [3.05, 3.63) is 34.1 Å². The standard InChI is InChI=1S/C17H22N4O3/c1-5-15-18-20(10-16(22)19(6-2)7-3)17(23)13-9-14-12(21(13)15)8-11(4)24-14/h8-9H,5-7,10H2,1-4H3. The van der Waals surface area contributed by atoms with Gasteiger partial charge in [0.25, 0.3) is 5.56 Å². The zero-order valence-corrected chi connectivity index (χ0v) is 14.5. The lowest BCUT2D eigenvalue weighted by atomic mass is 10.4. The molecule has 7 heteroatoms. The molecule has 0 atom stereocenters. The van der Waals surface area contributed by atoms with Crippen LogP contribution in [0.1, 0.15) is 32.4 Å². The zero-order chi connectivity index (χ0) is 17.4. The van der Waals surface area contributed by atoms with Gasteiger partial charge in [0.2, 0.25) is 5.91 Å². The molecule has 3 aromatic heterocycles. The number of likely N-dealkylation sites (N-methyl/N-ethyl adjacent to an activating group) is 1. The van der Waals surface area contributed by atoms with Gasteiger partial charge in [-0.15, -0.1) is 0 Å². The van der Waals surface area contributed by atoms with Crippen LogP contribution in [-0.2, 0) is 17.8 Å². The summed E-state index contributed by atoms with van der Waals surface area (Å²) in [6, 6.07) is 3.62. The highest BCUT2D eigenvalue weighted by Crippen LogP contribution is 2.23. The van der Waals surface area contributed by atoms with Crippen molar-refractivity contribution in [2.75, 3.05) is 13.1 Å². The van der Waals surface area contributed by atoms with Crippen LogP contribution >= 0.6 is 0 Å². The Kier molecular flexibility index (Phi) is 4.17. The summed E-state index contributed by atoms with van der Waals surface area (Å²) in [5.74, 6) is 1.41. The molecule has 1 amide bonds. The Labute approximate surface area is 139 Å². The molecule has 0 aliphatic heterocycles. The van der Waals surface area contributed by atoms with Gasteiger partial charge in [0.15, 0.2) is 5.58 Å². The molecule has 0 fully saturated rings. The summed E-state index contributed by atoms with van der Waals surface area (Å²) >= 11 is 0. The van der Waals surface area contributed by atoms with E-state index >= 15 is 0 Å². The highest BCUT2D eigenvalue weighted by molar-refractivity contribution is 5.83. The molecule has 128 valence electrons. The summed E-state index contributed by atoms with van der Waals surface area (Å²) in [5, 5.41) is 4.42. The van der Waals surface area contributed by atoms with Crippen molar-refractivity contribution in [2.45, 2.75) is 40.7 Å². The van der Waals surface area contributed by atoms with Gasteiger partial charge in [-0.25, -0.2) is 4.68 Å². The molecule has 0 aliphatic carbocycles. The van der Waals surface area contributed by atoms with E-state index in [4.69, 9.17) is 4.42 Å². The third-order valence-electron chi connectivity index (χ3n) is 4.28. The largest absolute Gasteiger partial charge is 0.460 e. The minimum absolute atomic E-state index is 0.0460. The Morgan fingerprint density at radius 3 is 2.54 bits per heavy atom. The normalized spacial score (nSPS) is 11.5. The van der Waals surface area contributed by atoms with E-state index in [0.29, 0.717) is 30.6 Å². The first-order chi connectivity index (χ1) is 11.5. The predicted octanol–water partition coefficient (Wildman–Crippen LogP) is 1.98. The Balaban J connectivity index is 2.15. The number of carbonyl (C=O) groups excluding carboxylic acids is 1. The smallest absolute Gasteiger partial charge is 0.291 e. The number of rotatable bonds is 5. The first-order valence-corrected chi connectivity index (χ1v) is 8.29. The average molecular weight is 330 g/mol. The topological polar surface area (TPSA) is 72.8 Å². The molecule has 0 saturated carbocycles. The van der Waals surface area contributed by atoms with Crippen LogP contribution in [0.2, 0.25) is 0 Å².